The Bertz CT molecular complexity index is 2170. The molecule has 6 nitrogen and oxygen atoms in total. The van der Waals surface area contributed by atoms with Gasteiger partial charge in [0.2, 0.25) is 10.0 Å². The number of aromatic carboxylic acids is 1. The second-order valence-electron chi connectivity index (χ2n) is 12.1. The molecule has 0 fully saturated rings. The van der Waals surface area contributed by atoms with E-state index in [2.05, 4.69) is 71.5 Å². The van der Waals surface area contributed by atoms with Crippen molar-refractivity contribution in [2.24, 2.45) is 0 Å². The molecular weight excluding hydrogens is 800 g/mol. The van der Waals surface area contributed by atoms with Crippen LogP contribution in [-0.4, -0.2) is 30.6 Å². The third-order valence-corrected chi connectivity index (χ3v) is 11.9. The summed E-state index contributed by atoms with van der Waals surface area (Å²) in [6.45, 7) is 0.203. The number of aromatic nitrogens is 1. The molecule has 10 heteroatoms. The average Bonchev–Trinajstić information content (AvgIpc) is 3.39. The van der Waals surface area contributed by atoms with Crippen molar-refractivity contribution in [2.75, 3.05) is 6.54 Å². The number of aryl methyl sites for hydroxylation is 2. The van der Waals surface area contributed by atoms with Gasteiger partial charge in [0.15, 0.2) is 0 Å². The Balaban J connectivity index is 1.41. The summed E-state index contributed by atoms with van der Waals surface area (Å²) in [6, 6.07) is 38.9. The maximum atomic E-state index is 13.4. The van der Waals surface area contributed by atoms with Gasteiger partial charge in [-0.2, -0.15) is 0 Å². The molecule has 0 saturated heterocycles. The van der Waals surface area contributed by atoms with E-state index in [4.69, 9.17) is 11.6 Å². The Morgan fingerprint density at radius 2 is 1.38 bits per heavy atom. The highest BCUT2D eigenvalue weighted by atomic mass is 79.9. The van der Waals surface area contributed by atoms with Crippen LogP contribution in [0.15, 0.2) is 130 Å². The van der Waals surface area contributed by atoms with Crippen LogP contribution in [0, 0.1) is 0 Å². The van der Waals surface area contributed by atoms with Gasteiger partial charge in [-0.25, -0.2) is 17.9 Å². The van der Waals surface area contributed by atoms with Crippen LogP contribution in [0.4, 0.5) is 0 Å². The fourth-order valence-electron chi connectivity index (χ4n) is 6.53. The van der Waals surface area contributed by atoms with Gasteiger partial charge < -0.3 is 9.67 Å². The van der Waals surface area contributed by atoms with E-state index in [1.807, 2.05) is 78.9 Å². The second-order valence-corrected chi connectivity index (χ2v) is 16.1. The number of nitrogens with one attached hydrogen (secondary N) is 1. The molecule has 0 aliphatic carbocycles. The van der Waals surface area contributed by atoms with Crippen molar-refractivity contribution in [3.8, 4) is 0 Å². The number of rotatable bonds is 14. The summed E-state index contributed by atoms with van der Waals surface area (Å²) in [6.07, 6.45) is 2.74. The molecular formula is C40H35Br2ClN2O4S. The molecule has 0 atom stereocenters. The second kappa shape index (κ2) is 16.1. The topological polar surface area (TPSA) is 88.4 Å². The van der Waals surface area contributed by atoms with E-state index in [0.29, 0.717) is 17.0 Å². The Morgan fingerprint density at radius 1 is 0.760 bits per heavy atom. The molecule has 0 aliphatic rings. The monoisotopic (exact) mass is 832 g/mol. The lowest BCUT2D eigenvalue weighted by atomic mass is 9.97. The quantitative estimate of drug-likeness (QED) is 0.114. The molecule has 6 rings (SSSR count). The van der Waals surface area contributed by atoms with Crippen LogP contribution < -0.4 is 4.72 Å². The highest BCUT2D eigenvalue weighted by Gasteiger charge is 2.26. The lowest BCUT2D eigenvalue weighted by Crippen LogP contribution is -2.28. The van der Waals surface area contributed by atoms with Crippen molar-refractivity contribution in [1.29, 1.82) is 0 Å². The summed E-state index contributed by atoms with van der Waals surface area (Å²) >= 11 is 13.7. The number of nitrogens with zero attached hydrogens (tertiary/aromatic N) is 1. The van der Waals surface area contributed by atoms with Gasteiger partial charge in [0.1, 0.15) is 0 Å². The first-order chi connectivity index (χ1) is 24.1. The summed E-state index contributed by atoms with van der Waals surface area (Å²) in [4.78, 5) is 11.4. The van der Waals surface area contributed by atoms with Crippen LogP contribution in [0.25, 0.3) is 10.9 Å². The molecule has 0 saturated carbocycles. The zero-order valence-corrected chi connectivity index (χ0v) is 31.8. The molecule has 256 valence electrons. The van der Waals surface area contributed by atoms with Crippen molar-refractivity contribution in [2.45, 2.75) is 37.5 Å². The van der Waals surface area contributed by atoms with Gasteiger partial charge in [0, 0.05) is 38.0 Å². The first-order valence-electron chi connectivity index (χ1n) is 16.2. The maximum absolute atomic E-state index is 13.4. The summed E-state index contributed by atoms with van der Waals surface area (Å²) in [5, 5.41) is 11.0. The van der Waals surface area contributed by atoms with Crippen LogP contribution in [-0.2, 0) is 35.0 Å². The van der Waals surface area contributed by atoms with Gasteiger partial charge in [0.25, 0.3) is 0 Å². The molecule has 0 spiro atoms. The van der Waals surface area contributed by atoms with Crippen molar-refractivity contribution in [3.05, 3.63) is 174 Å². The molecule has 0 aliphatic heterocycles. The number of fused-ring (bicyclic) bond motifs is 1. The lowest BCUT2D eigenvalue weighted by molar-refractivity contribution is 0.0697. The molecule has 0 radical (unpaired) electrons. The third kappa shape index (κ3) is 8.41. The Labute approximate surface area is 314 Å². The predicted octanol–water partition coefficient (Wildman–Crippen LogP) is 9.99. The van der Waals surface area contributed by atoms with E-state index >= 15 is 0 Å². The van der Waals surface area contributed by atoms with Gasteiger partial charge in [-0.1, -0.05) is 128 Å². The predicted molar refractivity (Wildman–Crippen MR) is 209 cm³/mol. The van der Waals surface area contributed by atoms with E-state index < -0.39 is 16.0 Å². The Kier molecular flexibility index (Phi) is 11.6. The van der Waals surface area contributed by atoms with Crippen molar-refractivity contribution >= 4 is 70.4 Å². The van der Waals surface area contributed by atoms with E-state index in [0.717, 1.165) is 67.1 Å². The van der Waals surface area contributed by atoms with Gasteiger partial charge in [-0.3, -0.25) is 0 Å². The van der Waals surface area contributed by atoms with Gasteiger partial charge in [0.05, 0.1) is 22.9 Å². The smallest absolute Gasteiger partial charge is 0.335 e. The summed E-state index contributed by atoms with van der Waals surface area (Å²) in [5.74, 6) is -1.11. The zero-order chi connectivity index (χ0) is 35.3. The van der Waals surface area contributed by atoms with Crippen molar-refractivity contribution in [3.63, 3.8) is 0 Å². The summed E-state index contributed by atoms with van der Waals surface area (Å²) in [7, 11) is -3.68. The minimum absolute atomic E-state index is 0.169. The number of halogens is 3. The van der Waals surface area contributed by atoms with Gasteiger partial charge in [-0.05, 0) is 83.5 Å². The highest BCUT2D eigenvalue weighted by molar-refractivity contribution is 9.11. The van der Waals surface area contributed by atoms with E-state index in [1.54, 1.807) is 12.1 Å². The fraction of sp³-hybridized carbons (Fsp3) is 0.175. The molecule has 5 aromatic carbocycles. The van der Waals surface area contributed by atoms with Crippen LogP contribution in [0.2, 0.25) is 5.02 Å². The molecule has 0 unspecified atom stereocenters. The van der Waals surface area contributed by atoms with Crippen LogP contribution in [0.1, 0.15) is 56.3 Å². The van der Waals surface area contributed by atoms with E-state index in [1.165, 1.54) is 0 Å². The third-order valence-electron chi connectivity index (χ3n) is 8.85. The number of hydrogen-bond donors (Lipinski definition) is 2. The fourth-order valence-corrected chi connectivity index (χ4v) is 9.55. The average molecular weight is 835 g/mol. The number of carboxylic acids is 1. The molecule has 50 heavy (non-hydrogen) atoms. The number of benzene rings is 5. The first-order valence-corrected chi connectivity index (χ1v) is 19.9. The Morgan fingerprint density at radius 3 is 1.98 bits per heavy atom. The lowest BCUT2D eigenvalue weighted by Gasteiger charge is -2.25. The molecule has 6 aromatic rings. The molecule has 2 N–H and O–H groups in total. The largest absolute Gasteiger partial charge is 0.478 e. The molecule has 0 bridgehead atoms. The minimum atomic E-state index is -3.68. The van der Waals surface area contributed by atoms with Gasteiger partial charge in [-0.15, -0.1) is 0 Å². The van der Waals surface area contributed by atoms with Gasteiger partial charge >= 0.3 is 5.97 Å². The maximum Gasteiger partial charge on any atom is 0.335 e. The summed E-state index contributed by atoms with van der Waals surface area (Å²) < 4.78 is 33.5. The molecule has 0 amide bonds. The van der Waals surface area contributed by atoms with Crippen molar-refractivity contribution in [1.82, 2.24) is 9.29 Å². The first kappa shape index (κ1) is 36.1. The van der Waals surface area contributed by atoms with E-state index in [-0.39, 0.29) is 23.9 Å². The minimum Gasteiger partial charge on any atom is -0.478 e. The van der Waals surface area contributed by atoms with E-state index in [9.17, 15) is 18.3 Å². The Hall–Kier alpha value is -3.73. The zero-order valence-electron chi connectivity index (χ0n) is 27.0. The molecule has 1 aromatic heterocycles. The standard InChI is InChI=1S/C40H35Br2ClN2O4S/c41-35-15-8-16-36(42)34(35)26-50(48,49)44-24-23-37-32(14-7-9-27-17-19-30(20-18-27)40(46)47)33-22-21-31(43)25-38(33)45(37)39(28-10-3-1-4-11-28)29-12-5-2-6-13-29/h1-6,8,10-13,15-22,25,39,44H,7,9,14,23-24,26H2,(H,46,47). The highest BCUT2D eigenvalue weighted by Crippen LogP contribution is 2.38. The number of hydrogen-bond acceptors (Lipinski definition) is 3. The normalized spacial score (nSPS) is 11.8. The van der Waals surface area contributed by atoms with Crippen LogP contribution in [0.3, 0.4) is 0 Å². The summed E-state index contributed by atoms with van der Waals surface area (Å²) in [5.41, 5.74) is 7.33. The number of carbonyl (C=O) groups is 1. The van der Waals surface area contributed by atoms with Crippen molar-refractivity contribution < 1.29 is 18.3 Å². The van der Waals surface area contributed by atoms with Crippen LogP contribution in [0.5, 0.6) is 0 Å². The molecule has 1 heterocycles. The van der Waals surface area contributed by atoms with Crippen LogP contribution >= 0.6 is 43.5 Å². The SMILES string of the molecule is O=C(O)c1ccc(CCCc2c(CCNS(=O)(=O)Cc3c(Br)cccc3Br)n(C(c3ccccc3)c3ccccc3)c3cc(Cl)ccc23)cc1. The number of carboxylic acid groups (broad SMARTS) is 1. The number of sulfonamides is 1.